The average molecular weight is 296 g/mol. The Morgan fingerprint density at radius 1 is 1.23 bits per heavy atom. The number of imidazole rings is 1. The molecule has 3 aromatic rings. The molecule has 0 spiro atoms. The number of nitrogens with zero attached hydrogens (tertiary/aromatic N) is 2. The van der Waals surface area contributed by atoms with E-state index < -0.39 is 5.97 Å². The van der Waals surface area contributed by atoms with Gasteiger partial charge in [-0.2, -0.15) is 0 Å². The Labute approximate surface area is 127 Å². The SMILES string of the molecule is COc1cc(C)c(-c2cn3ccc(C(=O)O)cc3n2)c(C)c1. The van der Waals surface area contributed by atoms with Crippen molar-refractivity contribution in [1.29, 1.82) is 0 Å². The first kappa shape index (κ1) is 14.1. The third-order valence-electron chi connectivity index (χ3n) is 3.71. The van der Waals surface area contributed by atoms with Gasteiger partial charge in [0, 0.05) is 18.0 Å². The molecule has 0 unspecified atom stereocenters. The van der Waals surface area contributed by atoms with Gasteiger partial charge in [-0.3, -0.25) is 0 Å². The number of benzene rings is 1. The number of rotatable bonds is 3. The molecule has 1 aromatic carbocycles. The molecule has 0 bridgehead atoms. The minimum absolute atomic E-state index is 0.229. The van der Waals surface area contributed by atoms with Gasteiger partial charge in [0.15, 0.2) is 0 Å². The lowest BCUT2D eigenvalue weighted by Gasteiger charge is -2.09. The second kappa shape index (κ2) is 5.18. The third-order valence-corrected chi connectivity index (χ3v) is 3.71. The van der Waals surface area contributed by atoms with Crippen molar-refractivity contribution in [2.45, 2.75) is 13.8 Å². The van der Waals surface area contributed by atoms with Gasteiger partial charge < -0.3 is 14.2 Å². The molecule has 0 aliphatic rings. The van der Waals surface area contributed by atoms with Crippen molar-refractivity contribution in [3.05, 3.63) is 53.3 Å². The van der Waals surface area contributed by atoms with Crippen LogP contribution < -0.4 is 4.74 Å². The standard InChI is InChI=1S/C17H16N2O3/c1-10-6-13(22-3)7-11(2)16(10)14-9-19-5-4-12(17(20)21)8-15(19)18-14/h4-9H,1-3H3,(H,20,21). The minimum atomic E-state index is -0.955. The van der Waals surface area contributed by atoms with Gasteiger partial charge in [0.25, 0.3) is 0 Å². The largest absolute Gasteiger partial charge is 0.497 e. The van der Waals surface area contributed by atoms with E-state index >= 15 is 0 Å². The van der Waals surface area contributed by atoms with E-state index in [9.17, 15) is 4.79 Å². The molecule has 2 aromatic heterocycles. The zero-order valence-corrected chi connectivity index (χ0v) is 12.6. The molecule has 0 amide bonds. The Hall–Kier alpha value is -2.82. The Balaban J connectivity index is 2.16. The van der Waals surface area contributed by atoms with Gasteiger partial charge in [0.1, 0.15) is 11.4 Å². The summed E-state index contributed by atoms with van der Waals surface area (Å²) in [6.07, 6.45) is 3.62. The van der Waals surface area contributed by atoms with Crippen molar-refractivity contribution < 1.29 is 14.6 Å². The molecule has 0 saturated heterocycles. The summed E-state index contributed by atoms with van der Waals surface area (Å²) in [4.78, 5) is 15.6. The predicted octanol–water partition coefficient (Wildman–Crippen LogP) is 3.32. The molecule has 112 valence electrons. The zero-order chi connectivity index (χ0) is 15.9. The molecule has 0 aliphatic carbocycles. The van der Waals surface area contributed by atoms with E-state index in [4.69, 9.17) is 9.84 Å². The van der Waals surface area contributed by atoms with Gasteiger partial charge in [-0.15, -0.1) is 0 Å². The van der Waals surface area contributed by atoms with E-state index in [0.29, 0.717) is 5.65 Å². The van der Waals surface area contributed by atoms with E-state index in [2.05, 4.69) is 4.98 Å². The molecule has 0 atom stereocenters. The summed E-state index contributed by atoms with van der Waals surface area (Å²) in [7, 11) is 1.65. The second-order valence-electron chi connectivity index (χ2n) is 5.25. The maximum absolute atomic E-state index is 11.0. The summed E-state index contributed by atoms with van der Waals surface area (Å²) < 4.78 is 7.10. The first-order valence-electron chi connectivity index (χ1n) is 6.87. The second-order valence-corrected chi connectivity index (χ2v) is 5.25. The zero-order valence-electron chi connectivity index (χ0n) is 12.6. The molecular formula is C17H16N2O3. The Kier molecular flexibility index (Phi) is 3.33. The highest BCUT2D eigenvalue weighted by Gasteiger charge is 2.13. The van der Waals surface area contributed by atoms with Crippen molar-refractivity contribution in [3.63, 3.8) is 0 Å². The highest BCUT2D eigenvalue weighted by Crippen LogP contribution is 2.30. The van der Waals surface area contributed by atoms with Crippen molar-refractivity contribution in [3.8, 4) is 17.0 Å². The molecule has 2 heterocycles. The summed E-state index contributed by atoms with van der Waals surface area (Å²) in [5.74, 6) is -0.139. The lowest BCUT2D eigenvalue weighted by Crippen LogP contribution is -1.96. The number of aromatic carboxylic acids is 1. The molecule has 22 heavy (non-hydrogen) atoms. The fourth-order valence-corrected chi connectivity index (χ4v) is 2.68. The van der Waals surface area contributed by atoms with Crippen LogP contribution in [0.4, 0.5) is 0 Å². The predicted molar refractivity (Wildman–Crippen MR) is 83.6 cm³/mol. The minimum Gasteiger partial charge on any atom is -0.497 e. The van der Waals surface area contributed by atoms with Crippen molar-refractivity contribution in [2.24, 2.45) is 0 Å². The summed E-state index contributed by atoms with van der Waals surface area (Å²) in [6.45, 7) is 4.02. The Morgan fingerprint density at radius 3 is 2.50 bits per heavy atom. The summed E-state index contributed by atoms with van der Waals surface area (Å²) >= 11 is 0. The molecular weight excluding hydrogens is 280 g/mol. The maximum Gasteiger partial charge on any atom is 0.335 e. The molecule has 5 nitrogen and oxygen atoms in total. The van der Waals surface area contributed by atoms with Crippen molar-refractivity contribution in [1.82, 2.24) is 9.38 Å². The topological polar surface area (TPSA) is 63.8 Å². The van der Waals surface area contributed by atoms with E-state index in [1.165, 1.54) is 0 Å². The molecule has 0 saturated carbocycles. The molecule has 1 N–H and O–H groups in total. The number of aryl methyl sites for hydroxylation is 2. The third kappa shape index (κ3) is 2.30. The highest BCUT2D eigenvalue weighted by atomic mass is 16.5. The normalized spacial score (nSPS) is 10.9. The number of pyridine rings is 1. The number of carboxylic acids is 1. The van der Waals surface area contributed by atoms with E-state index in [1.54, 1.807) is 25.4 Å². The quantitative estimate of drug-likeness (QED) is 0.805. The number of hydrogen-bond acceptors (Lipinski definition) is 3. The van der Waals surface area contributed by atoms with Crippen molar-refractivity contribution in [2.75, 3.05) is 7.11 Å². The summed E-state index contributed by atoms with van der Waals surface area (Å²) in [5, 5.41) is 9.06. The van der Waals surface area contributed by atoms with Gasteiger partial charge >= 0.3 is 5.97 Å². The van der Waals surface area contributed by atoms with Gasteiger partial charge in [0.2, 0.25) is 0 Å². The fraction of sp³-hybridized carbons (Fsp3) is 0.176. The molecule has 5 heteroatoms. The van der Waals surface area contributed by atoms with Crippen LogP contribution in [-0.2, 0) is 0 Å². The van der Waals surface area contributed by atoms with Crippen LogP contribution in [0.2, 0.25) is 0 Å². The lowest BCUT2D eigenvalue weighted by molar-refractivity contribution is 0.0697. The number of aromatic nitrogens is 2. The monoisotopic (exact) mass is 296 g/mol. The summed E-state index contributed by atoms with van der Waals surface area (Å²) in [5.41, 5.74) is 4.84. The molecule has 0 aliphatic heterocycles. The molecule has 0 radical (unpaired) electrons. The van der Waals surface area contributed by atoms with Crippen LogP contribution in [0.5, 0.6) is 5.75 Å². The van der Waals surface area contributed by atoms with Crippen molar-refractivity contribution >= 4 is 11.6 Å². The van der Waals surface area contributed by atoms with E-state index in [1.807, 2.05) is 36.6 Å². The number of fused-ring (bicyclic) bond motifs is 1. The van der Waals surface area contributed by atoms with Gasteiger partial charge in [0.05, 0.1) is 18.4 Å². The Morgan fingerprint density at radius 2 is 1.91 bits per heavy atom. The van der Waals surface area contributed by atoms with Crippen LogP contribution in [-0.4, -0.2) is 27.6 Å². The van der Waals surface area contributed by atoms with Crippen LogP contribution in [0.15, 0.2) is 36.7 Å². The summed E-state index contributed by atoms with van der Waals surface area (Å²) in [6, 6.07) is 7.07. The van der Waals surface area contributed by atoms with Crippen LogP contribution in [0.25, 0.3) is 16.9 Å². The van der Waals surface area contributed by atoms with Crippen LogP contribution in [0.3, 0.4) is 0 Å². The number of carbonyl (C=O) groups is 1. The van der Waals surface area contributed by atoms with Crippen LogP contribution in [0, 0.1) is 13.8 Å². The molecule has 3 rings (SSSR count). The smallest absolute Gasteiger partial charge is 0.335 e. The highest BCUT2D eigenvalue weighted by molar-refractivity contribution is 5.88. The first-order chi connectivity index (χ1) is 10.5. The van der Waals surface area contributed by atoms with Gasteiger partial charge in [-0.25, -0.2) is 9.78 Å². The number of ether oxygens (including phenoxy) is 1. The van der Waals surface area contributed by atoms with E-state index in [0.717, 1.165) is 28.1 Å². The Bertz CT molecular complexity index is 858. The average Bonchev–Trinajstić information content (AvgIpc) is 2.88. The number of methoxy groups -OCH3 is 1. The number of hydrogen-bond donors (Lipinski definition) is 1. The van der Waals surface area contributed by atoms with Crippen LogP contribution in [0.1, 0.15) is 21.5 Å². The first-order valence-corrected chi connectivity index (χ1v) is 6.87. The molecule has 0 fully saturated rings. The van der Waals surface area contributed by atoms with Crippen LogP contribution >= 0.6 is 0 Å². The van der Waals surface area contributed by atoms with E-state index in [-0.39, 0.29) is 5.56 Å². The maximum atomic E-state index is 11.0. The fourth-order valence-electron chi connectivity index (χ4n) is 2.68. The van der Waals surface area contributed by atoms with Gasteiger partial charge in [-0.05, 0) is 49.2 Å². The lowest BCUT2D eigenvalue weighted by atomic mass is 10.00. The number of carboxylic acid groups (broad SMARTS) is 1. The van der Waals surface area contributed by atoms with Gasteiger partial charge in [-0.1, -0.05) is 0 Å².